The van der Waals surface area contributed by atoms with Crippen molar-refractivity contribution < 1.29 is 0 Å². The average molecular weight is 613 g/mol. The summed E-state index contributed by atoms with van der Waals surface area (Å²) in [6.07, 6.45) is 0. The van der Waals surface area contributed by atoms with Gasteiger partial charge in [0.1, 0.15) is 0 Å². The molecule has 0 saturated carbocycles. The van der Waals surface area contributed by atoms with Crippen molar-refractivity contribution in [3.63, 3.8) is 0 Å². The van der Waals surface area contributed by atoms with Gasteiger partial charge in [0.25, 0.3) is 0 Å². The van der Waals surface area contributed by atoms with Crippen LogP contribution < -0.4 is 0 Å². The molecule has 25 heavy (non-hydrogen) atoms. The molecule has 0 aromatic carbocycles. The second-order valence-electron chi connectivity index (χ2n) is 6.21. The molecule has 0 N–H and O–H groups in total. The van der Waals surface area contributed by atoms with Gasteiger partial charge in [0.15, 0.2) is 0 Å². The van der Waals surface area contributed by atoms with Crippen LogP contribution in [0.2, 0.25) is 52.5 Å². The van der Waals surface area contributed by atoms with Crippen LogP contribution in [0.1, 0.15) is 69.2 Å². The molecule has 4 radical (unpaired) electrons. The molecule has 0 aliphatic carbocycles. The van der Waals surface area contributed by atoms with E-state index in [0.717, 1.165) is 0 Å². The van der Waals surface area contributed by atoms with Crippen molar-refractivity contribution in [2.45, 2.75) is 122 Å². The van der Waals surface area contributed by atoms with E-state index in [-0.39, 0.29) is 0 Å². The van der Waals surface area contributed by atoms with Gasteiger partial charge in [-0.1, -0.05) is 0 Å². The normalized spacial score (nSPS) is 10.8. The van der Waals surface area contributed by atoms with Gasteiger partial charge in [-0.05, 0) is 0 Å². The molecule has 0 saturated heterocycles. The Morgan fingerprint density at radius 2 is 0.560 bits per heavy atom. The minimum absolute atomic E-state index is 0.403. The van der Waals surface area contributed by atoms with E-state index >= 15 is 0 Å². The van der Waals surface area contributed by atoms with E-state index in [4.69, 9.17) is 0 Å². The van der Waals surface area contributed by atoms with Crippen molar-refractivity contribution in [3.05, 3.63) is 0 Å². The Hall–Kier alpha value is 2.52. The van der Waals surface area contributed by atoms with Crippen molar-refractivity contribution in [1.82, 2.24) is 0 Å². The van der Waals surface area contributed by atoms with Crippen LogP contribution in [0.25, 0.3) is 0 Å². The Labute approximate surface area is 183 Å². The van der Waals surface area contributed by atoms with Crippen LogP contribution in [0.4, 0.5) is 0 Å². The second kappa shape index (κ2) is 26.5. The number of hydrogen-bond donors (Lipinski definition) is 0. The first-order valence-corrected chi connectivity index (χ1v) is 31.8. The van der Waals surface area contributed by atoms with Crippen molar-refractivity contribution in [2.24, 2.45) is 0 Å². The van der Waals surface area contributed by atoms with Crippen LogP contribution >= 0.6 is 8.41 Å². The zero-order chi connectivity index (χ0) is 20.1. The summed E-state index contributed by atoms with van der Waals surface area (Å²) in [5, 5.41) is 15.3. The fourth-order valence-corrected chi connectivity index (χ4v) is 50.3. The molecule has 5 heteroatoms. The van der Waals surface area contributed by atoms with E-state index < -0.39 is 55.1 Å². The zero-order valence-electron chi connectivity index (χ0n) is 19.5. The maximum atomic E-state index is 2.52. The molecule has 0 amide bonds. The molecule has 0 rings (SSSR count). The third kappa shape index (κ3) is 22.7. The summed E-state index contributed by atoms with van der Waals surface area (Å²) < 4.78 is 0. The molecule has 0 nitrogen and oxygen atoms in total. The Morgan fingerprint density at radius 3 is 0.640 bits per heavy atom. The maximum absolute atomic E-state index is 2.52. The van der Waals surface area contributed by atoms with Crippen LogP contribution in [0.15, 0.2) is 0 Å². The van der Waals surface area contributed by atoms with E-state index in [1.54, 1.807) is 0 Å². The molecular formula is C20H50Ge4S. The molecule has 0 aromatic rings. The molecule has 152 valence electrons. The molecule has 0 aliphatic heterocycles. The van der Waals surface area contributed by atoms with Gasteiger partial charge in [-0.15, -0.1) is 0 Å². The average Bonchev–Trinajstić information content (AvgIpc) is 2.67. The minimum atomic E-state index is -0.549. The van der Waals surface area contributed by atoms with Crippen molar-refractivity contribution >= 4 is 63.5 Å². The third-order valence-electron chi connectivity index (χ3n) is 4.87. The molecule has 0 spiro atoms. The summed E-state index contributed by atoms with van der Waals surface area (Å²) in [5.74, 6) is 0. The van der Waals surface area contributed by atoms with Crippen LogP contribution in [0, 0.1) is 0 Å². The van der Waals surface area contributed by atoms with Gasteiger partial charge in [-0.25, -0.2) is 0 Å². The fraction of sp³-hybridized carbons (Fsp3) is 1.00. The van der Waals surface area contributed by atoms with Crippen LogP contribution in [0.3, 0.4) is 0 Å². The van der Waals surface area contributed by atoms with Gasteiger partial charge >= 0.3 is 185 Å². The van der Waals surface area contributed by atoms with Crippen molar-refractivity contribution in [2.75, 3.05) is 0 Å². The third-order valence-corrected chi connectivity index (χ3v) is 53.2. The second-order valence-corrected chi connectivity index (χ2v) is 46.0. The Bertz CT molecular complexity index is 181. The predicted molar refractivity (Wildman–Crippen MR) is 135 cm³/mol. The quantitative estimate of drug-likeness (QED) is 0.198. The SMILES string of the molecule is C[CH2][Ge]([CH2]C)[CH2]C.C[CH2][Ge]([CH2]C)[CH2]C.C[CH2][Ge]([CH2]C)[S][Ge]([CH2]C)[CH2]C. The molecule has 0 unspecified atom stereocenters. The summed E-state index contributed by atoms with van der Waals surface area (Å²) in [7, 11) is 2.52. The van der Waals surface area contributed by atoms with Gasteiger partial charge in [-0.3, -0.25) is 0 Å². The van der Waals surface area contributed by atoms with Gasteiger partial charge in [0.2, 0.25) is 0 Å². The monoisotopic (exact) mass is 618 g/mol. The van der Waals surface area contributed by atoms with Gasteiger partial charge in [0, 0.05) is 0 Å². The van der Waals surface area contributed by atoms with Crippen LogP contribution in [-0.4, -0.2) is 55.1 Å². The predicted octanol–water partition coefficient (Wildman–Crippen LogP) is 8.86. The standard InChI is InChI=1S/C8H20Ge2S.2C6H15Ge/c1-5-9(6-2)11-10(7-3)8-4;2*1-4-7(5-2)6-3/h5-8H2,1-4H3;2*4-6H2,1-3H3. The van der Waals surface area contributed by atoms with E-state index in [0.29, 0.717) is 0 Å². The van der Waals surface area contributed by atoms with Crippen molar-refractivity contribution in [3.8, 4) is 0 Å². The van der Waals surface area contributed by atoms with Crippen LogP contribution in [0.5, 0.6) is 0 Å². The molecular weight excluding hydrogens is 563 g/mol. The van der Waals surface area contributed by atoms with E-state index in [1.807, 2.05) is 0 Å². The molecule has 0 bridgehead atoms. The molecule has 0 fully saturated rings. The van der Waals surface area contributed by atoms with Crippen LogP contribution in [-0.2, 0) is 0 Å². The number of hydrogen-bond acceptors (Lipinski definition) is 1. The summed E-state index contributed by atoms with van der Waals surface area (Å²) in [4.78, 5) is 0. The summed E-state index contributed by atoms with van der Waals surface area (Å²) in [6, 6.07) is 0. The van der Waals surface area contributed by atoms with E-state index in [2.05, 4.69) is 77.6 Å². The summed E-state index contributed by atoms with van der Waals surface area (Å²) >= 11 is -1.90. The summed E-state index contributed by atoms with van der Waals surface area (Å²) in [6.45, 7) is 23.6. The van der Waals surface area contributed by atoms with Gasteiger partial charge in [-0.2, -0.15) is 0 Å². The molecule has 0 atom stereocenters. The van der Waals surface area contributed by atoms with Gasteiger partial charge < -0.3 is 0 Å². The fourth-order valence-electron chi connectivity index (χ4n) is 2.49. The van der Waals surface area contributed by atoms with Crippen molar-refractivity contribution in [1.29, 1.82) is 0 Å². The Morgan fingerprint density at radius 1 is 0.360 bits per heavy atom. The first-order valence-electron chi connectivity index (χ1n) is 11.0. The zero-order valence-corrected chi connectivity index (χ0v) is 28.7. The number of rotatable bonds is 12. The molecule has 0 aromatic heterocycles. The molecule has 0 aliphatic rings. The first-order chi connectivity index (χ1) is 12.0. The molecule has 0 heterocycles. The topological polar surface area (TPSA) is 0 Å². The Balaban J connectivity index is -0.000000304. The van der Waals surface area contributed by atoms with E-state index in [9.17, 15) is 0 Å². The van der Waals surface area contributed by atoms with E-state index in [1.165, 1.54) is 52.5 Å². The first kappa shape index (κ1) is 32.2. The Kier molecular flexibility index (Phi) is 34.2. The summed E-state index contributed by atoms with van der Waals surface area (Å²) in [5.41, 5.74) is 0. The van der Waals surface area contributed by atoms with Gasteiger partial charge in [0.05, 0.1) is 0 Å².